The summed E-state index contributed by atoms with van der Waals surface area (Å²) in [7, 11) is 0. The Bertz CT molecular complexity index is 850. The summed E-state index contributed by atoms with van der Waals surface area (Å²) in [6.45, 7) is 4.17. The SMILES string of the molecule is O=C(CN1CCN(Cc2ccc3c(c2)OCO3)CC1)Nc1c(F)cccc1F. The number of piperazine rings is 1. The molecule has 0 atom stereocenters. The van der Waals surface area contributed by atoms with E-state index in [2.05, 4.69) is 10.2 Å². The number of benzene rings is 2. The molecule has 2 aromatic rings. The molecule has 0 unspecified atom stereocenters. The van der Waals surface area contributed by atoms with E-state index in [9.17, 15) is 13.6 Å². The number of carbonyl (C=O) groups excluding carboxylic acids is 1. The fourth-order valence-corrected chi connectivity index (χ4v) is 3.40. The van der Waals surface area contributed by atoms with Gasteiger partial charge in [-0.3, -0.25) is 14.6 Å². The quantitative estimate of drug-likeness (QED) is 0.852. The number of rotatable bonds is 5. The number of hydrogen-bond acceptors (Lipinski definition) is 5. The molecule has 0 bridgehead atoms. The molecule has 28 heavy (non-hydrogen) atoms. The minimum atomic E-state index is -0.776. The lowest BCUT2D eigenvalue weighted by Crippen LogP contribution is -2.48. The van der Waals surface area contributed by atoms with Gasteiger partial charge in [-0.05, 0) is 29.8 Å². The number of para-hydroxylation sites is 1. The molecule has 148 valence electrons. The van der Waals surface area contributed by atoms with E-state index in [0.29, 0.717) is 13.1 Å². The zero-order valence-corrected chi connectivity index (χ0v) is 15.3. The number of amides is 1. The van der Waals surface area contributed by atoms with Gasteiger partial charge in [0.15, 0.2) is 11.5 Å². The fourth-order valence-electron chi connectivity index (χ4n) is 3.40. The Kier molecular flexibility index (Phi) is 5.40. The van der Waals surface area contributed by atoms with Crippen molar-refractivity contribution < 1.29 is 23.0 Å². The summed E-state index contributed by atoms with van der Waals surface area (Å²) in [5.41, 5.74) is 0.749. The van der Waals surface area contributed by atoms with Crippen molar-refractivity contribution in [2.45, 2.75) is 6.54 Å². The molecule has 2 aliphatic heterocycles. The summed E-state index contributed by atoms with van der Waals surface area (Å²) in [6, 6.07) is 9.43. The van der Waals surface area contributed by atoms with Gasteiger partial charge in [0, 0.05) is 32.7 Å². The van der Waals surface area contributed by atoms with E-state index < -0.39 is 23.2 Å². The van der Waals surface area contributed by atoms with Crippen LogP contribution < -0.4 is 14.8 Å². The average Bonchev–Trinajstić information content (AvgIpc) is 3.14. The molecule has 2 aliphatic rings. The second-order valence-electron chi connectivity index (χ2n) is 6.88. The van der Waals surface area contributed by atoms with Gasteiger partial charge in [0.2, 0.25) is 12.7 Å². The Morgan fingerprint density at radius 3 is 2.39 bits per heavy atom. The maximum atomic E-state index is 13.6. The van der Waals surface area contributed by atoms with E-state index in [1.54, 1.807) is 0 Å². The van der Waals surface area contributed by atoms with Crippen LogP contribution >= 0.6 is 0 Å². The van der Waals surface area contributed by atoms with Gasteiger partial charge in [-0.2, -0.15) is 0 Å². The van der Waals surface area contributed by atoms with Gasteiger partial charge in [-0.15, -0.1) is 0 Å². The van der Waals surface area contributed by atoms with Crippen molar-refractivity contribution in [3.8, 4) is 11.5 Å². The van der Waals surface area contributed by atoms with Crippen LogP contribution in [0.15, 0.2) is 36.4 Å². The first-order valence-corrected chi connectivity index (χ1v) is 9.15. The van der Waals surface area contributed by atoms with Crippen LogP contribution in [0.1, 0.15) is 5.56 Å². The molecule has 8 heteroatoms. The molecular weight excluding hydrogens is 368 g/mol. The highest BCUT2D eigenvalue weighted by atomic mass is 19.1. The Balaban J connectivity index is 1.25. The first-order chi connectivity index (χ1) is 13.6. The second-order valence-corrected chi connectivity index (χ2v) is 6.88. The second kappa shape index (κ2) is 8.12. The molecule has 1 saturated heterocycles. The number of hydrogen-bond donors (Lipinski definition) is 1. The van der Waals surface area contributed by atoms with Crippen molar-refractivity contribution in [3.63, 3.8) is 0 Å². The molecule has 1 amide bonds. The molecule has 0 aromatic heterocycles. The number of carbonyl (C=O) groups is 1. The molecule has 0 spiro atoms. The molecule has 6 nitrogen and oxygen atoms in total. The minimum absolute atomic E-state index is 0.103. The predicted octanol–water partition coefficient (Wildman–Crippen LogP) is 2.45. The number of fused-ring (bicyclic) bond motifs is 1. The van der Waals surface area contributed by atoms with Crippen molar-refractivity contribution in [1.29, 1.82) is 0 Å². The molecule has 1 N–H and O–H groups in total. The zero-order chi connectivity index (χ0) is 19.5. The monoisotopic (exact) mass is 389 g/mol. The topological polar surface area (TPSA) is 54.0 Å². The van der Waals surface area contributed by atoms with E-state index in [1.807, 2.05) is 23.1 Å². The number of nitrogens with zero attached hydrogens (tertiary/aromatic N) is 2. The molecule has 2 heterocycles. The van der Waals surface area contributed by atoms with Crippen LogP contribution in [0.4, 0.5) is 14.5 Å². The maximum Gasteiger partial charge on any atom is 0.238 e. The van der Waals surface area contributed by atoms with Crippen LogP contribution in [-0.4, -0.2) is 55.2 Å². The van der Waals surface area contributed by atoms with E-state index in [-0.39, 0.29) is 13.3 Å². The van der Waals surface area contributed by atoms with Crippen LogP contribution in [0.25, 0.3) is 0 Å². The summed E-state index contributed by atoms with van der Waals surface area (Å²) in [5.74, 6) is -0.434. The molecule has 1 fully saturated rings. The normalized spacial score (nSPS) is 16.9. The van der Waals surface area contributed by atoms with Gasteiger partial charge in [0.05, 0.1) is 6.54 Å². The Morgan fingerprint density at radius 1 is 0.964 bits per heavy atom. The number of anilines is 1. The summed E-state index contributed by atoms with van der Waals surface area (Å²) in [4.78, 5) is 16.4. The van der Waals surface area contributed by atoms with Gasteiger partial charge >= 0.3 is 0 Å². The fraction of sp³-hybridized carbons (Fsp3) is 0.350. The van der Waals surface area contributed by atoms with Crippen molar-refractivity contribution in [3.05, 3.63) is 53.6 Å². The van der Waals surface area contributed by atoms with Gasteiger partial charge < -0.3 is 14.8 Å². The van der Waals surface area contributed by atoms with E-state index in [0.717, 1.165) is 48.8 Å². The number of ether oxygens (including phenoxy) is 2. The number of nitrogens with one attached hydrogen (secondary N) is 1. The Labute approximate surface area is 161 Å². The molecular formula is C20H21F2N3O3. The maximum absolute atomic E-state index is 13.6. The third-order valence-corrected chi connectivity index (χ3v) is 4.90. The molecule has 2 aromatic carbocycles. The lowest BCUT2D eigenvalue weighted by Gasteiger charge is -2.34. The summed E-state index contributed by atoms with van der Waals surface area (Å²) < 4.78 is 38.0. The smallest absolute Gasteiger partial charge is 0.238 e. The predicted molar refractivity (Wildman–Crippen MR) is 99.3 cm³/mol. The standard InChI is InChI=1S/C20H21F2N3O3/c21-15-2-1-3-16(22)20(15)23-19(26)12-25-8-6-24(7-9-25)11-14-4-5-17-18(10-14)28-13-27-17/h1-5,10H,6-9,11-13H2,(H,23,26). The summed E-state index contributed by atoms with van der Waals surface area (Å²) in [6.07, 6.45) is 0. The molecule has 4 rings (SSSR count). The van der Waals surface area contributed by atoms with Crippen molar-refractivity contribution in [2.24, 2.45) is 0 Å². The Morgan fingerprint density at radius 2 is 1.64 bits per heavy atom. The van der Waals surface area contributed by atoms with E-state index in [1.165, 1.54) is 6.07 Å². The highest BCUT2D eigenvalue weighted by molar-refractivity contribution is 5.92. The van der Waals surface area contributed by atoms with Crippen LogP contribution in [0.5, 0.6) is 11.5 Å². The van der Waals surface area contributed by atoms with Gasteiger partial charge in [-0.25, -0.2) is 8.78 Å². The van der Waals surface area contributed by atoms with Crippen molar-refractivity contribution in [1.82, 2.24) is 9.80 Å². The van der Waals surface area contributed by atoms with Gasteiger partial charge in [0.1, 0.15) is 17.3 Å². The van der Waals surface area contributed by atoms with Crippen LogP contribution in [0.3, 0.4) is 0 Å². The third-order valence-electron chi connectivity index (χ3n) is 4.90. The van der Waals surface area contributed by atoms with E-state index >= 15 is 0 Å². The molecule has 0 saturated carbocycles. The van der Waals surface area contributed by atoms with Crippen molar-refractivity contribution >= 4 is 11.6 Å². The van der Waals surface area contributed by atoms with Gasteiger partial charge in [0.25, 0.3) is 0 Å². The third kappa shape index (κ3) is 4.23. The highest BCUT2D eigenvalue weighted by Gasteiger charge is 2.21. The first-order valence-electron chi connectivity index (χ1n) is 9.15. The minimum Gasteiger partial charge on any atom is -0.454 e. The van der Waals surface area contributed by atoms with Crippen LogP contribution in [-0.2, 0) is 11.3 Å². The summed E-state index contributed by atoms with van der Waals surface area (Å²) in [5, 5.41) is 2.33. The molecule has 0 aliphatic carbocycles. The Hall–Kier alpha value is -2.71. The van der Waals surface area contributed by atoms with E-state index in [4.69, 9.17) is 9.47 Å². The largest absolute Gasteiger partial charge is 0.454 e. The van der Waals surface area contributed by atoms with Gasteiger partial charge in [-0.1, -0.05) is 12.1 Å². The first kappa shape index (κ1) is 18.6. The number of halogens is 2. The summed E-state index contributed by atoms with van der Waals surface area (Å²) >= 11 is 0. The lowest BCUT2D eigenvalue weighted by molar-refractivity contribution is -0.117. The average molecular weight is 389 g/mol. The van der Waals surface area contributed by atoms with Crippen molar-refractivity contribution in [2.75, 3.05) is 44.8 Å². The van der Waals surface area contributed by atoms with Crippen LogP contribution in [0.2, 0.25) is 0 Å². The zero-order valence-electron chi connectivity index (χ0n) is 15.3. The molecule has 0 radical (unpaired) electrons. The van der Waals surface area contributed by atoms with Crippen LogP contribution in [0, 0.1) is 11.6 Å². The lowest BCUT2D eigenvalue weighted by atomic mass is 10.1. The highest BCUT2D eigenvalue weighted by Crippen LogP contribution is 2.32.